The maximum Gasteiger partial charge on any atom is 0.238 e. The monoisotopic (exact) mass is 272 g/mol. The summed E-state index contributed by atoms with van der Waals surface area (Å²) < 4.78 is 5.05. The number of methoxy groups -OCH3 is 1. The van der Waals surface area contributed by atoms with Gasteiger partial charge in [0.2, 0.25) is 5.91 Å². The maximum atomic E-state index is 11.7. The molecule has 2 N–H and O–H groups in total. The van der Waals surface area contributed by atoms with Crippen LogP contribution >= 0.6 is 23.1 Å². The van der Waals surface area contributed by atoms with Crippen LogP contribution in [-0.4, -0.2) is 30.7 Å². The van der Waals surface area contributed by atoms with Crippen molar-refractivity contribution in [1.29, 1.82) is 0 Å². The van der Waals surface area contributed by atoms with Crippen molar-refractivity contribution in [2.24, 2.45) is 0 Å². The van der Waals surface area contributed by atoms with Gasteiger partial charge >= 0.3 is 0 Å². The molecule has 1 amide bonds. The minimum absolute atomic E-state index is 0.0293. The standard InChI is InChI=1S/C11H16N2O2S2/c1-15-4-8-2-9(17-5-8)3-12-11(14)10-6-16-7-13-10/h2,5,10,13H,3-4,6-7H2,1H3,(H,12,14)/t10-/m1/s1. The molecule has 1 aliphatic rings. The smallest absolute Gasteiger partial charge is 0.238 e. The third kappa shape index (κ3) is 3.70. The fourth-order valence-electron chi connectivity index (χ4n) is 1.62. The normalized spacial score (nSPS) is 19.5. The van der Waals surface area contributed by atoms with E-state index in [-0.39, 0.29) is 11.9 Å². The molecule has 1 atom stereocenters. The maximum absolute atomic E-state index is 11.7. The van der Waals surface area contributed by atoms with Crippen molar-refractivity contribution < 1.29 is 9.53 Å². The number of nitrogens with one attached hydrogen (secondary N) is 2. The quantitative estimate of drug-likeness (QED) is 0.845. The summed E-state index contributed by atoms with van der Waals surface area (Å²) in [4.78, 5) is 12.9. The van der Waals surface area contributed by atoms with Crippen LogP contribution in [0.25, 0.3) is 0 Å². The zero-order valence-electron chi connectivity index (χ0n) is 9.69. The SMILES string of the molecule is COCc1csc(CNC(=O)[C@H]2CSCN2)c1. The van der Waals surface area contributed by atoms with Crippen molar-refractivity contribution in [2.45, 2.75) is 19.2 Å². The molecule has 1 aromatic rings. The first-order chi connectivity index (χ1) is 8.29. The van der Waals surface area contributed by atoms with E-state index in [2.05, 4.69) is 22.1 Å². The number of rotatable bonds is 5. The molecule has 1 aliphatic heterocycles. The number of thioether (sulfide) groups is 1. The fourth-order valence-corrected chi connectivity index (χ4v) is 3.38. The van der Waals surface area contributed by atoms with E-state index in [1.807, 2.05) is 0 Å². The van der Waals surface area contributed by atoms with E-state index in [0.29, 0.717) is 13.2 Å². The second kappa shape index (κ2) is 6.39. The second-order valence-electron chi connectivity index (χ2n) is 3.84. The van der Waals surface area contributed by atoms with Crippen LogP contribution in [0.15, 0.2) is 11.4 Å². The van der Waals surface area contributed by atoms with Gasteiger partial charge in [0.25, 0.3) is 0 Å². The number of hydrogen-bond acceptors (Lipinski definition) is 5. The van der Waals surface area contributed by atoms with Gasteiger partial charge in [-0.15, -0.1) is 23.1 Å². The highest BCUT2D eigenvalue weighted by molar-refractivity contribution is 7.99. The number of amides is 1. The molecule has 0 bridgehead atoms. The lowest BCUT2D eigenvalue weighted by Gasteiger charge is -2.09. The largest absolute Gasteiger partial charge is 0.380 e. The van der Waals surface area contributed by atoms with Crippen molar-refractivity contribution >= 4 is 29.0 Å². The predicted molar refractivity (Wildman–Crippen MR) is 71.1 cm³/mol. The molecule has 0 aliphatic carbocycles. The Bertz CT molecular complexity index is 375. The average molecular weight is 272 g/mol. The van der Waals surface area contributed by atoms with Crippen LogP contribution < -0.4 is 10.6 Å². The predicted octanol–water partition coefficient (Wildman–Crippen LogP) is 1.17. The summed E-state index contributed by atoms with van der Waals surface area (Å²) in [5.41, 5.74) is 1.16. The summed E-state index contributed by atoms with van der Waals surface area (Å²) in [5, 5.41) is 8.17. The molecule has 2 heterocycles. The Morgan fingerprint density at radius 1 is 1.71 bits per heavy atom. The topological polar surface area (TPSA) is 50.4 Å². The number of thiophene rings is 1. The number of hydrogen-bond donors (Lipinski definition) is 2. The van der Waals surface area contributed by atoms with Crippen molar-refractivity contribution in [2.75, 3.05) is 18.7 Å². The van der Waals surface area contributed by atoms with Gasteiger partial charge in [-0.3, -0.25) is 10.1 Å². The lowest BCUT2D eigenvalue weighted by atomic mass is 10.3. The van der Waals surface area contributed by atoms with Gasteiger partial charge < -0.3 is 10.1 Å². The molecule has 1 fully saturated rings. The summed E-state index contributed by atoms with van der Waals surface area (Å²) >= 11 is 3.41. The molecule has 0 spiro atoms. The first-order valence-corrected chi connectivity index (χ1v) is 7.47. The minimum atomic E-state index is -0.0293. The third-order valence-corrected chi connectivity index (χ3v) is 4.41. The molecule has 17 heavy (non-hydrogen) atoms. The Morgan fingerprint density at radius 2 is 2.59 bits per heavy atom. The van der Waals surface area contributed by atoms with E-state index in [1.165, 1.54) is 0 Å². The molecule has 94 valence electrons. The van der Waals surface area contributed by atoms with E-state index >= 15 is 0 Å². The Morgan fingerprint density at radius 3 is 3.29 bits per heavy atom. The van der Waals surface area contributed by atoms with E-state index in [9.17, 15) is 4.79 Å². The Balaban J connectivity index is 1.78. The van der Waals surface area contributed by atoms with Crippen LogP contribution in [0, 0.1) is 0 Å². The van der Waals surface area contributed by atoms with E-state index in [4.69, 9.17) is 4.74 Å². The molecular formula is C11H16N2O2S2. The molecule has 1 saturated heterocycles. The van der Waals surface area contributed by atoms with Crippen LogP contribution in [0.3, 0.4) is 0 Å². The van der Waals surface area contributed by atoms with Crippen molar-refractivity contribution in [3.05, 3.63) is 21.9 Å². The molecule has 0 radical (unpaired) electrons. The Kier molecular flexibility index (Phi) is 4.85. The van der Waals surface area contributed by atoms with E-state index in [0.717, 1.165) is 22.1 Å². The molecule has 2 rings (SSSR count). The molecule has 6 heteroatoms. The van der Waals surface area contributed by atoms with Crippen LogP contribution in [0.1, 0.15) is 10.4 Å². The van der Waals surface area contributed by atoms with Gasteiger partial charge in [-0.25, -0.2) is 0 Å². The molecule has 0 saturated carbocycles. The first-order valence-electron chi connectivity index (χ1n) is 5.43. The zero-order valence-corrected chi connectivity index (χ0v) is 11.3. The lowest BCUT2D eigenvalue weighted by Crippen LogP contribution is -2.41. The second-order valence-corrected chi connectivity index (χ2v) is 5.87. The van der Waals surface area contributed by atoms with Gasteiger partial charge in [0.1, 0.15) is 0 Å². The van der Waals surface area contributed by atoms with Crippen LogP contribution in [0.2, 0.25) is 0 Å². The molecular weight excluding hydrogens is 256 g/mol. The highest BCUT2D eigenvalue weighted by Gasteiger charge is 2.21. The summed E-state index contributed by atoms with van der Waals surface area (Å²) in [6, 6.07) is 2.05. The van der Waals surface area contributed by atoms with Crippen molar-refractivity contribution in [1.82, 2.24) is 10.6 Å². The minimum Gasteiger partial charge on any atom is -0.380 e. The van der Waals surface area contributed by atoms with Crippen LogP contribution in [0.4, 0.5) is 0 Å². The molecule has 4 nitrogen and oxygen atoms in total. The summed E-state index contributed by atoms with van der Waals surface area (Å²) in [7, 11) is 1.68. The van der Waals surface area contributed by atoms with Gasteiger partial charge in [0.15, 0.2) is 0 Å². The van der Waals surface area contributed by atoms with Gasteiger partial charge in [-0.05, 0) is 17.0 Å². The van der Waals surface area contributed by atoms with Crippen molar-refractivity contribution in [3.63, 3.8) is 0 Å². The van der Waals surface area contributed by atoms with Gasteiger partial charge in [-0.1, -0.05) is 0 Å². The van der Waals surface area contributed by atoms with E-state index < -0.39 is 0 Å². The highest BCUT2D eigenvalue weighted by atomic mass is 32.2. The Hall–Kier alpha value is -0.560. The molecule has 0 aromatic carbocycles. The number of carbonyl (C=O) groups is 1. The fraction of sp³-hybridized carbons (Fsp3) is 0.545. The first kappa shape index (κ1) is 12.9. The summed E-state index contributed by atoms with van der Waals surface area (Å²) in [6.45, 7) is 1.24. The van der Waals surface area contributed by atoms with Crippen LogP contribution in [-0.2, 0) is 22.7 Å². The third-order valence-electron chi connectivity index (χ3n) is 2.49. The van der Waals surface area contributed by atoms with Gasteiger partial charge in [0.05, 0.1) is 19.2 Å². The average Bonchev–Trinajstić information content (AvgIpc) is 2.97. The summed E-state index contributed by atoms with van der Waals surface area (Å²) in [5.74, 6) is 1.83. The van der Waals surface area contributed by atoms with Crippen LogP contribution in [0.5, 0.6) is 0 Å². The Labute approximate surface area is 109 Å². The highest BCUT2D eigenvalue weighted by Crippen LogP contribution is 2.15. The van der Waals surface area contributed by atoms with E-state index in [1.54, 1.807) is 30.2 Å². The van der Waals surface area contributed by atoms with Gasteiger partial charge in [0, 0.05) is 23.6 Å². The summed E-state index contributed by atoms with van der Waals surface area (Å²) in [6.07, 6.45) is 0. The number of ether oxygens (including phenoxy) is 1. The molecule has 0 unspecified atom stereocenters. The molecule has 1 aromatic heterocycles. The van der Waals surface area contributed by atoms with Gasteiger partial charge in [-0.2, -0.15) is 0 Å². The van der Waals surface area contributed by atoms with Crippen molar-refractivity contribution in [3.8, 4) is 0 Å². The number of carbonyl (C=O) groups excluding carboxylic acids is 1. The lowest BCUT2D eigenvalue weighted by molar-refractivity contribution is -0.122. The zero-order chi connectivity index (χ0) is 12.1.